The molecule has 0 spiro atoms. The highest BCUT2D eigenvalue weighted by atomic mass is 32.2. The first kappa shape index (κ1) is 26.1. The molecular formula is C24H26F5NO3S. The third-order valence-corrected chi connectivity index (χ3v) is 9.20. The van der Waals surface area contributed by atoms with Crippen LogP contribution in [-0.2, 0) is 27.2 Å². The monoisotopic (exact) mass is 503 g/mol. The van der Waals surface area contributed by atoms with Gasteiger partial charge in [-0.3, -0.25) is 4.79 Å². The van der Waals surface area contributed by atoms with Crippen LogP contribution in [0.25, 0.3) is 0 Å². The van der Waals surface area contributed by atoms with Gasteiger partial charge in [-0.15, -0.1) is 0 Å². The van der Waals surface area contributed by atoms with Gasteiger partial charge in [0.05, 0.1) is 15.2 Å². The van der Waals surface area contributed by atoms with Gasteiger partial charge in [0.25, 0.3) is 0 Å². The minimum Gasteiger partial charge on any atom is -0.343 e. The molecule has 3 rings (SSSR count). The summed E-state index contributed by atoms with van der Waals surface area (Å²) in [4.78, 5) is 13.7. The van der Waals surface area contributed by atoms with Crippen molar-refractivity contribution in [2.45, 2.75) is 55.3 Å². The summed E-state index contributed by atoms with van der Waals surface area (Å²) in [6, 6.07) is 6.78. The Kier molecular flexibility index (Phi) is 7.40. The Morgan fingerprint density at radius 2 is 1.68 bits per heavy atom. The van der Waals surface area contributed by atoms with Gasteiger partial charge in [-0.1, -0.05) is 6.07 Å². The predicted octanol–water partition coefficient (Wildman–Crippen LogP) is 5.41. The van der Waals surface area contributed by atoms with Gasteiger partial charge >= 0.3 is 6.18 Å². The van der Waals surface area contributed by atoms with Gasteiger partial charge in [0, 0.05) is 19.5 Å². The summed E-state index contributed by atoms with van der Waals surface area (Å²) >= 11 is 0. The van der Waals surface area contributed by atoms with Crippen molar-refractivity contribution in [2.75, 3.05) is 13.1 Å². The SMILES string of the molecule is CC(C)(C1CCN(C(=O)CCc2cc(F)ccc2F)CC1)S(=O)(=O)c1cccc(C(F)(F)F)c1. The molecule has 10 heteroatoms. The number of likely N-dealkylation sites (tertiary alicyclic amines) is 1. The van der Waals surface area contributed by atoms with Gasteiger partial charge in [0.2, 0.25) is 5.91 Å². The number of sulfone groups is 1. The molecule has 1 aliphatic rings. The summed E-state index contributed by atoms with van der Waals surface area (Å²) in [7, 11) is -4.09. The maximum absolute atomic E-state index is 13.8. The van der Waals surface area contributed by atoms with Crippen LogP contribution in [0.3, 0.4) is 0 Å². The van der Waals surface area contributed by atoms with Crippen molar-refractivity contribution in [3.8, 4) is 0 Å². The second-order valence-electron chi connectivity index (χ2n) is 9.02. The molecule has 0 N–H and O–H groups in total. The highest BCUT2D eigenvalue weighted by Crippen LogP contribution is 2.39. The summed E-state index contributed by atoms with van der Waals surface area (Å²) in [6.07, 6.45) is -3.93. The third kappa shape index (κ3) is 5.42. The van der Waals surface area contributed by atoms with Crippen molar-refractivity contribution < 1.29 is 35.2 Å². The van der Waals surface area contributed by atoms with Crippen molar-refractivity contribution in [1.82, 2.24) is 4.90 Å². The van der Waals surface area contributed by atoms with Crippen LogP contribution >= 0.6 is 0 Å². The van der Waals surface area contributed by atoms with Gasteiger partial charge < -0.3 is 4.90 Å². The molecule has 2 aromatic rings. The number of piperidine rings is 1. The van der Waals surface area contributed by atoms with Crippen molar-refractivity contribution in [3.05, 3.63) is 65.2 Å². The van der Waals surface area contributed by atoms with Crippen LogP contribution in [0.5, 0.6) is 0 Å². The first-order valence-corrected chi connectivity index (χ1v) is 12.4. The van der Waals surface area contributed by atoms with E-state index >= 15 is 0 Å². The van der Waals surface area contributed by atoms with Crippen LogP contribution in [-0.4, -0.2) is 37.1 Å². The van der Waals surface area contributed by atoms with Crippen LogP contribution in [0.2, 0.25) is 0 Å². The maximum atomic E-state index is 13.8. The maximum Gasteiger partial charge on any atom is 0.416 e. The summed E-state index contributed by atoms with van der Waals surface area (Å²) in [6.45, 7) is 3.54. The lowest BCUT2D eigenvalue weighted by Crippen LogP contribution is -2.47. The minimum atomic E-state index is -4.66. The lowest BCUT2D eigenvalue weighted by atomic mass is 9.85. The Hall–Kier alpha value is -2.49. The molecule has 2 aromatic carbocycles. The molecule has 1 amide bonds. The summed E-state index contributed by atoms with van der Waals surface area (Å²) in [5.41, 5.74) is -0.920. The lowest BCUT2D eigenvalue weighted by molar-refractivity contribution is -0.137. The smallest absolute Gasteiger partial charge is 0.343 e. The van der Waals surface area contributed by atoms with Crippen LogP contribution in [0.15, 0.2) is 47.4 Å². The van der Waals surface area contributed by atoms with Crippen molar-refractivity contribution in [1.29, 1.82) is 0 Å². The summed E-state index contributed by atoms with van der Waals surface area (Å²) in [5, 5.41) is 0. The fourth-order valence-corrected chi connectivity index (χ4v) is 6.14. The quantitative estimate of drug-likeness (QED) is 0.496. The van der Waals surface area contributed by atoms with Gasteiger partial charge in [-0.25, -0.2) is 17.2 Å². The number of rotatable bonds is 6. The average molecular weight is 504 g/mol. The van der Waals surface area contributed by atoms with E-state index in [1.807, 2.05) is 0 Å². The molecule has 1 fully saturated rings. The fraction of sp³-hybridized carbons (Fsp3) is 0.458. The zero-order chi connectivity index (χ0) is 25.3. The molecule has 4 nitrogen and oxygen atoms in total. The molecule has 1 saturated heterocycles. The van der Waals surface area contributed by atoms with E-state index in [2.05, 4.69) is 0 Å². The van der Waals surface area contributed by atoms with Crippen LogP contribution in [0.4, 0.5) is 22.0 Å². The molecule has 0 atom stereocenters. The Morgan fingerprint density at radius 3 is 2.29 bits per heavy atom. The number of benzene rings is 2. The van der Waals surface area contributed by atoms with Gasteiger partial charge in [-0.2, -0.15) is 13.2 Å². The number of hydrogen-bond acceptors (Lipinski definition) is 3. The van der Waals surface area contributed by atoms with Crippen LogP contribution in [0, 0.1) is 17.6 Å². The largest absolute Gasteiger partial charge is 0.416 e. The first-order chi connectivity index (χ1) is 15.7. The topological polar surface area (TPSA) is 54.5 Å². The van der Waals surface area contributed by atoms with Crippen LogP contribution in [0.1, 0.15) is 44.2 Å². The number of amides is 1. The Balaban J connectivity index is 1.65. The van der Waals surface area contributed by atoms with E-state index in [1.165, 1.54) is 13.8 Å². The zero-order valence-electron chi connectivity index (χ0n) is 18.8. The number of nitrogens with zero attached hydrogens (tertiary/aromatic N) is 1. The van der Waals surface area contributed by atoms with E-state index in [0.29, 0.717) is 18.9 Å². The number of carbonyl (C=O) groups is 1. The second-order valence-corrected chi connectivity index (χ2v) is 11.6. The number of alkyl halides is 3. The summed E-state index contributed by atoms with van der Waals surface area (Å²) in [5.74, 6) is -1.80. The Bertz CT molecular complexity index is 1150. The molecule has 34 heavy (non-hydrogen) atoms. The average Bonchev–Trinajstić information content (AvgIpc) is 2.79. The molecule has 0 saturated carbocycles. The zero-order valence-corrected chi connectivity index (χ0v) is 19.6. The second kappa shape index (κ2) is 9.64. The standard InChI is InChI=1S/C24H26F5NO3S/c1-23(2,34(32,33)20-5-3-4-18(15-20)24(27,28)29)17-10-12-30(13-11-17)22(31)9-6-16-14-19(25)7-8-21(16)26/h3-5,7-8,14-15,17H,6,9-13H2,1-2H3. The van der Waals surface area contributed by atoms with Gasteiger partial charge in [-0.05, 0) is 81.0 Å². The fourth-order valence-electron chi connectivity index (χ4n) is 4.32. The number of hydrogen-bond donors (Lipinski definition) is 0. The third-order valence-electron chi connectivity index (χ3n) is 6.61. The number of aryl methyl sites for hydroxylation is 1. The predicted molar refractivity (Wildman–Crippen MR) is 117 cm³/mol. The molecule has 0 aromatic heterocycles. The first-order valence-electron chi connectivity index (χ1n) is 10.9. The highest BCUT2D eigenvalue weighted by molar-refractivity contribution is 7.92. The normalized spacial score (nSPS) is 16.0. The van der Waals surface area contributed by atoms with E-state index in [-0.39, 0.29) is 48.2 Å². The molecule has 1 aliphatic heterocycles. The number of carbonyl (C=O) groups excluding carboxylic acids is 1. The molecule has 0 radical (unpaired) electrons. The molecule has 1 heterocycles. The number of halogens is 5. The minimum absolute atomic E-state index is 0.0169. The molecule has 0 unspecified atom stereocenters. The van der Waals surface area contributed by atoms with Crippen molar-refractivity contribution in [3.63, 3.8) is 0 Å². The lowest BCUT2D eigenvalue weighted by Gasteiger charge is -2.40. The molecule has 0 aliphatic carbocycles. The van der Waals surface area contributed by atoms with E-state index < -0.39 is 38.0 Å². The van der Waals surface area contributed by atoms with E-state index in [9.17, 15) is 35.2 Å². The Labute approximate surface area is 195 Å². The molecule has 0 bridgehead atoms. The van der Waals surface area contributed by atoms with Gasteiger partial charge in [0.1, 0.15) is 11.6 Å². The van der Waals surface area contributed by atoms with Crippen LogP contribution < -0.4 is 0 Å². The molecule has 186 valence electrons. The van der Waals surface area contributed by atoms with Gasteiger partial charge in [0.15, 0.2) is 9.84 Å². The Morgan fingerprint density at radius 1 is 1.03 bits per heavy atom. The highest BCUT2D eigenvalue weighted by Gasteiger charge is 2.44. The van der Waals surface area contributed by atoms with E-state index in [0.717, 1.165) is 36.4 Å². The van der Waals surface area contributed by atoms with E-state index in [4.69, 9.17) is 0 Å². The molecular weight excluding hydrogens is 477 g/mol. The van der Waals surface area contributed by atoms with Crippen molar-refractivity contribution >= 4 is 15.7 Å². The van der Waals surface area contributed by atoms with E-state index in [1.54, 1.807) is 4.90 Å². The summed E-state index contributed by atoms with van der Waals surface area (Å²) < 4.78 is 91.4. The van der Waals surface area contributed by atoms with Crippen molar-refractivity contribution in [2.24, 2.45) is 5.92 Å².